The van der Waals surface area contributed by atoms with E-state index in [1.807, 2.05) is 24.3 Å². The quantitative estimate of drug-likeness (QED) is 0.305. The van der Waals surface area contributed by atoms with Gasteiger partial charge in [-0.2, -0.15) is 0 Å². The van der Waals surface area contributed by atoms with E-state index in [0.29, 0.717) is 17.0 Å². The highest BCUT2D eigenvalue weighted by Gasteiger charge is 2.16. The van der Waals surface area contributed by atoms with Gasteiger partial charge in [-0.05, 0) is 65.6 Å². The molecule has 2 amide bonds. The number of nitrogens with zero attached hydrogens (tertiary/aromatic N) is 2. The molecule has 0 aliphatic rings. The molecule has 0 aliphatic heterocycles. The van der Waals surface area contributed by atoms with Gasteiger partial charge in [-0.15, -0.1) is 10.2 Å². The molecule has 0 unspecified atom stereocenters. The highest BCUT2D eigenvalue weighted by Crippen LogP contribution is 2.27. The van der Waals surface area contributed by atoms with Crippen molar-refractivity contribution in [3.63, 3.8) is 0 Å². The van der Waals surface area contributed by atoms with Crippen LogP contribution in [0.2, 0.25) is 0 Å². The van der Waals surface area contributed by atoms with E-state index in [0.717, 1.165) is 5.56 Å². The summed E-state index contributed by atoms with van der Waals surface area (Å²) in [4.78, 5) is 36.5. The Morgan fingerprint density at radius 3 is 1.89 bits per heavy atom. The summed E-state index contributed by atoms with van der Waals surface area (Å²) in [6.45, 7) is 6.43. The number of carbonyl (C=O) groups excluding carboxylic acids is 3. The number of esters is 1. The zero-order chi connectivity index (χ0) is 26.6. The molecular weight excluding hydrogens is 472 g/mol. The molecule has 3 aromatic carbocycles. The lowest BCUT2D eigenvalue weighted by Gasteiger charge is -2.18. The van der Waals surface area contributed by atoms with Crippen molar-refractivity contribution in [1.29, 1.82) is 0 Å². The Kier molecular flexibility index (Phi) is 7.15. The van der Waals surface area contributed by atoms with Gasteiger partial charge >= 0.3 is 5.97 Å². The Hall–Kier alpha value is -4.79. The molecule has 0 aliphatic carbocycles. The summed E-state index contributed by atoms with van der Waals surface area (Å²) in [7, 11) is 1.27. The van der Waals surface area contributed by atoms with Crippen LogP contribution >= 0.6 is 0 Å². The standard InChI is InChI=1S/C28H26N4O5/c1-28(2,3)22-14-12-18(13-15-22)25-31-32-26(37-25)21-7-5-6-20(16-21)24(34)30-29-23(33)17-8-10-19(11-9-17)27(35)36-4/h5-16H,1-4H3,(H,29,33)(H,30,34). The zero-order valence-corrected chi connectivity index (χ0v) is 20.9. The van der Waals surface area contributed by atoms with Crippen molar-refractivity contribution in [1.82, 2.24) is 21.0 Å². The van der Waals surface area contributed by atoms with Crippen molar-refractivity contribution in [3.05, 3.63) is 95.1 Å². The number of amides is 2. The fraction of sp³-hybridized carbons (Fsp3) is 0.179. The third kappa shape index (κ3) is 5.90. The number of hydrogen-bond donors (Lipinski definition) is 2. The number of rotatable bonds is 5. The van der Waals surface area contributed by atoms with Crippen molar-refractivity contribution >= 4 is 17.8 Å². The van der Waals surface area contributed by atoms with Crippen molar-refractivity contribution in [2.75, 3.05) is 7.11 Å². The van der Waals surface area contributed by atoms with E-state index in [4.69, 9.17) is 4.42 Å². The first-order chi connectivity index (χ1) is 17.7. The molecule has 4 aromatic rings. The lowest BCUT2D eigenvalue weighted by Crippen LogP contribution is -2.41. The summed E-state index contributed by atoms with van der Waals surface area (Å²) in [5, 5.41) is 8.26. The molecule has 9 nitrogen and oxygen atoms in total. The third-order valence-corrected chi connectivity index (χ3v) is 5.65. The predicted octanol–water partition coefficient (Wildman–Crippen LogP) is 4.56. The van der Waals surface area contributed by atoms with Crippen LogP contribution in [0.15, 0.2) is 77.2 Å². The Labute approximate surface area is 213 Å². The van der Waals surface area contributed by atoms with Gasteiger partial charge in [-0.1, -0.05) is 39.0 Å². The molecule has 0 spiro atoms. The highest BCUT2D eigenvalue weighted by atomic mass is 16.5. The van der Waals surface area contributed by atoms with Crippen LogP contribution in [-0.4, -0.2) is 35.1 Å². The number of benzene rings is 3. The van der Waals surface area contributed by atoms with Crippen LogP contribution in [0.25, 0.3) is 22.9 Å². The van der Waals surface area contributed by atoms with Gasteiger partial charge in [0, 0.05) is 22.3 Å². The van der Waals surface area contributed by atoms with Gasteiger partial charge in [0.2, 0.25) is 11.8 Å². The van der Waals surface area contributed by atoms with Gasteiger partial charge in [-0.25, -0.2) is 4.79 Å². The van der Waals surface area contributed by atoms with E-state index in [-0.39, 0.29) is 22.4 Å². The molecule has 37 heavy (non-hydrogen) atoms. The maximum atomic E-state index is 12.6. The second kappa shape index (κ2) is 10.4. The lowest BCUT2D eigenvalue weighted by molar-refractivity contribution is 0.0600. The van der Waals surface area contributed by atoms with E-state index >= 15 is 0 Å². The smallest absolute Gasteiger partial charge is 0.337 e. The van der Waals surface area contributed by atoms with E-state index in [2.05, 4.69) is 46.6 Å². The Bertz CT molecular complexity index is 1430. The van der Waals surface area contributed by atoms with Gasteiger partial charge in [0.25, 0.3) is 11.8 Å². The fourth-order valence-corrected chi connectivity index (χ4v) is 3.50. The van der Waals surface area contributed by atoms with E-state index in [9.17, 15) is 14.4 Å². The van der Waals surface area contributed by atoms with Crippen molar-refractivity contribution < 1.29 is 23.5 Å². The monoisotopic (exact) mass is 498 g/mol. The minimum absolute atomic E-state index is 0.0359. The zero-order valence-electron chi connectivity index (χ0n) is 20.9. The molecular formula is C28H26N4O5. The summed E-state index contributed by atoms with van der Waals surface area (Å²) in [6, 6.07) is 20.4. The molecule has 2 N–H and O–H groups in total. The number of carbonyl (C=O) groups is 3. The third-order valence-electron chi connectivity index (χ3n) is 5.65. The second-order valence-electron chi connectivity index (χ2n) is 9.30. The molecule has 4 rings (SSSR count). The van der Waals surface area contributed by atoms with Crippen LogP contribution in [0.4, 0.5) is 0 Å². The second-order valence-corrected chi connectivity index (χ2v) is 9.30. The van der Waals surface area contributed by atoms with Gasteiger partial charge in [-0.3, -0.25) is 20.4 Å². The molecule has 1 aromatic heterocycles. The van der Waals surface area contributed by atoms with E-state index in [1.165, 1.54) is 36.9 Å². The van der Waals surface area contributed by atoms with E-state index < -0.39 is 17.8 Å². The van der Waals surface area contributed by atoms with Crippen LogP contribution in [0.3, 0.4) is 0 Å². The molecule has 0 fully saturated rings. The number of hydrazine groups is 1. The minimum atomic E-state index is -0.542. The van der Waals surface area contributed by atoms with Crippen LogP contribution in [-0.2, 0) is 10.2 Å². The topological polar surface area (TPSA) is 123 Å². The van der Waals surface area contributed by atoms with Gasteiger partial charge in [0.05, 0.1) is 12.7 Å². The first-order valence-corrected chi connectivity index (χ1v) is 11.5. The predicted molar refractivity (Wildman–Crippen MR) is 137 cm³/mol. The summed E-state index contributed by atoms with van der Waals surface area (Å²) in [5.41, 5.74) is 8.17. The van der Waals surface area contributed by atoms with E-state index in [1.54, 1.807) is 24.3 Å². The van der Waals surface area contributed by atoms with Crippen LogP contribution < -0.4 is 10.9 Å². The molecule has 188 valence electrons. The number of hydrogen-bond acceptors (Lipinski definition) is 7. The Morgan fingerprint density at radius 2 is 1.30 bits per heavy atom. The molecule has 0 radical (unpaired) electrons. The molecule has 9 heteroatoms. The summed E-state index contributed by atoms with van der Waals surface area (Å²) in [6.07, 6.45) is 0. The van der Waals surface area contributed by atoms with Gasteiger partial charge in [0.15, 0.2) is 0 Å². The number of methoxy groups -OCH3 is 1. The maximum Gasteiger partial charge on any atom is 0.337 e. The number of aromatic nitrogens is 2. The Balaban J connectivity index is 1.42. The maximum absolute atomic E-state index is 12.6. The number of nitrogens with one attached hydrogen (secondary N) is 2. The average Bonchev–Trinajstić information content (AvgIpc) is 3.41. The average molecular weight is 499 g/mol. The molecule has 0 saturated carbocycles. The molecule has 1 heterocycles. The number of ether oxygens (including phenoxy) is 1. The van der Waals surface area contributed by atoms with Gasteiger partial charge in [0.1, 0.15) is 0 Å². The molecule has 0 bridgehead atoms. The SMILES string of the molecule is COC(=O)c1ccc(C(=O)NNC(=O)c2cccc(-c3nnc(-c4ccc(C(C)(C)C)cc4)o3)c2)cc1. The summed E-state index contributed by atoms with van der Waals surface area (Å²) >= 11 is 0. The van der Waals surface area contributed by atoms with Gasteiger partial charge < -0.3 is 9.15 Å². The largest absolute Gasteiger partial charge is 0.465 e. The molecule has 0 atom stereocenters. The van der Waals surface area contributed by atoms with Crippen molar-refractivity contribution in [2.24, 2.45) is 0 Å². The highest BCUT2D eigenvalue weighted by molar-refractivity contribution is 6.00. The molecule has 0 saturated heterocycles. The normalized spacial score (nSPS) is 11.0. The van der Waals surface area contributed by atoms with Crippen LogP contribution in [0, 0.1) is 0 Å². The van der Waals surface area contributed by atoms with Crippen molar-refractivity contribution in [3.8, 4) is 22.9 Å². The summed E-state index contributed by atoms with van der Waals surface area (Å²) in [5.74, 6) is -0.944. The summed E-state index contributed by atoms with van der Waals surface area (Å²) < 4.78 is 10.5. The fourth-order valence-electron chi connectivity index (χ4n) is 3.50. The van der Waals surface area contributed by atoms with Crippen LogP contribution in [0.1, 0.15) is 57.4 Å². The van der Waals surface area contributed by atoms with Crippen LogP contribution in [0.5, 0.6) is 0 Å². The lowest BCUT2D eigenvalue weighted by atomic mass is 9.87. The first-order valence-electron chi connectivity index (χ1n) is 11.5. The minimum Gasteiger partial charge on any atom is -0.465 e. The van der Waals surface area contributed by atoms with Crippen molar-refractivity contribution in [2.45, 2.75) is 26.2 Å². The Morgan fingerprint density at radius 1 is 0.730 bits per heavy atom. The first kappa shape index (κ1) is 25.3.